The van der Waals surface area contributed by atoms with E-state index in [1.165, 1.54) is 0 Å². The molecule has 184 valence electrons. The molecule has 3 fully saturated rings. The number of piperidine rings is 1. The minimum absolute atomic E-state index is 0.0653. The maximum absolute atomic E-state index is 12.6. The molecule has 1 N–H and O–H groups in total. The van der Waals surface area contributed by atoms with Gasteiger partial charge in [-0.3, -0.25) is 4.68 Å². The van der Waals surface area contributed by atoms with Crippen molar-refractivity contribution < 1.29 is 4.79 Å². The van der Waals surface area contributed by atoms with E-state index < -0.39 is 0 Å². The number of urea groups is 1. The Hall–Kier alpha value is -4.01. The number of pyridine rings is 1. The number of anilines is 1. The molecule has 3 aliphatic rings. The van der Waals surface area contributed by atoms with Crippen molar-refractivity contribution in [3.8, 4) is 22.3 Å². The summed E-state index contributed by atoms with van der Waals surface area (Å²) in [7, 11) is 1.91. The average molecular weight is 483 g/mol. The van der Waals surface area contributed by atoms with Crippen LogP contribution in [-0.2, 0) is 7.05 Å². The summed E-state index contributed by atoms with van der Waals surface area (Å²) in [5, 5.41) is 8.37. The van der Waals surface area contributed by atoms with Crippen molar-refractivity contribution in [1.29, 1.82) is 0 Å². The third-order valence-electron chi connectivity index (χ3n) is 7.14. The van der Waals surface area contributed by atoms with Crippen molar-refractivity contribution >= 4 is 22.8 Å². The summed E-state index contributed by atoms with van der Waals surface area (Å²) in [6.07, 6.45) is 10.3. The van der Waals surface area contributed by atoms with E-state index in [0.29, 0.717) is 12.5 Å². The lowest BCUT2D eigenvalue weighted by molar-refractivity contribution is 0.0364. The average Bonchev–Trinajstić information content (AvgIpc) is 3.33. The van der Waals surface area contributed by atoms with E-state index in [0.717, 1.165) is 58.5 Å². The number of nitrogens with zero attached hydrogens (tertiary/aromatic N) is 7. The van der Waals surface area contributed by atoms with Gasteiger partial charge in [0.25, 0.3) is 0 Å². The van der Waals surface area contributed by atoms with Crippen LogP contribution in [0.5, 0.6) is 0 Å². The SMILES string of the molecule is CC(C)CNC(=O)N1C2CC1CN(c1ccc(-c3cc(-c4cnn(C)c4)cc4ncncc34)cn1)C2. The van der Waals surface area contributed by atoms with Crippen LogP contribution in [0.3, 0.4) is 0 Å². The molecule has 6 heterocycles. The first kappa shape index (κ1) is 22.5. The Balaban J connectivity index is 1.23. The van der Waals surface area contributed by atoms with Crippen molar-refractivity contribution in [2.75, 3.05) is 24.5 Å². The molecule has 0 radical (unpaired) electrons. The molecule has 9 heteroatoms. The van der Waals surface area contributed by atoms with Gasteiger partial charge in [0, 0.05) is 61.8 Å². The molecule has 0 aliphatic carbocycles. The Morgan fingerprint density at radius 3 is 2.58 bits per heavy atom. The third kappa shape index (κ3) is 4.04. The van der Waals surface area contributed by atoms with Crippen LogP contribution in [0, 0.1) is 5.92 Å². The zero-order valence-electron chi connectivity index (χ0n) is 20.8. The topological polar surface area (TPSA) is 92.1 Å². The van der Waals surface area contributed by atoms with E-state index in [4.69, 9.17) is 4.98 Å². The second-order valence-electron chi connectivity index (χ2n) is 10.2. The molecule has 0 spiro atoms. The molecule has 2 amide bonds. The fraction of sp³-hybridized carbons (Fsp3) is 0.370. The van der Waals surface area contributed by atoms with Crippen LogP contribution in [0.2, 0.25) is 0 Å². The molecule has 3 aromatic heterocycles. The number of carbonyl (C=O) groups is 1. The summed E-state index contributed by atoms with van der Waals surface area (Å²) in [5.41, 5.74) is 5.04. The molecule has 36 heavy (non-hydrogen) atoms. The van der Waals surface area contributed by atoms with Crippen LogP contribution in [-0.4, -0.2) is 67.4 Å². The highest BCUT2D eigenvalue weighted by Crippen LogP contribution is 2.36. The number of aromatic nitrogens is 5. The molecule has 9 nitrogen and oxygen atoms in total. The highest BCUT2D eigenvalue weighted by Gasteiger charge is 2.47. The number of aryl methyl sites for hydroxylation is 1. The number of benzene rings is 1. The van der Waals surface area contributed by atoms with Crippen molar-refractivity contribution in [3.05, 3.63) is 55.4 Å². The van der Waals surface area contributed by atoms with E-state index in [2.05, 4.69) is 63.4 Å². The number of hydrogen-bond acceptors (Lipinski definition) is 6. The van der Waals surface area contributed by atoms with Gasteiger partial charge in [-0.1, -0.05) is 13.8 Å². The van der Waals surface area contributed by atoms with E-state index in [9.17, 15) is 4.79 Å². The molecular weight excluding hydrogens is 452 g/mol. The molecule has 1 aromatic carbocycles. The summed E-state index contributed by atoms with van der Waals surface area (Å²) in [5.74, 6) is 1.39. The standard InChI is InChI=1S/C27H30N8O/c1-17(2)9-30-27(36)35-21-8-22(35)15-34(14-21)26-5-4-18(10-29-26)23-6-19(20-11-32-33(3)13-20)7-25-24(23)12-28-16-31-25/h4-7,10-13,16-17,21-22H,8-9,14-15H2,1-3H3,(H,30,36). The number of fused-ring (bicyclic) bond motifs is 3. The monoisotopic (exact) mass is 482 g/mol. The van der Waals surface area contributed by atoms with E-state index in [-0.39, 0.29) is 18.1 Å². The minimum Gasteiger partial charge on any atom is -0.352 e. The van der Waals surface area contributed by atoms with E-state index >= 15 is 0 Å². The van der Waals surface area contributed by atoms with Gasteiger partial charge in [-0.25, -0.2) is 19.7 Å². The Morgan fingerprint density at radius 1 is 1.06 bits per heavy atom. The smallest absolute Gasteiger partial charge is 0.318 e. The predicted octanol–water partition coefficient (Wildman–Crippen LogP) is 3.72. The zero-order chi connectivity index (χ0) is 24.8. The zero-order valence-corrected chi connectivity index (χ0v) is 20.8. The quantitative estimate of drug-likeness (QED) is 0.466. The van der Waals surface area contributed by atoms with Gasteiger partial charge in [0.05, 0.1) is 23.8 Å². The number of nitrogens with one attached hydrogen (secondary N) is 1. The second kappa shape index (κ2) is 8.89. The molecule has 3 saturated heterocycles. The summed E-state index contributed by atoms with van der Waals surface area (Å²) < 4.78 is 1.80. The van der Waals surface area contributed by atoms with Crippen molar-refractivity contribution in [3.63, 3.8) is 0 Å². The van der Waals surface area contributed by atoms with Crippen LogP contribution >= 0.6 is 0 Å². The molecule has 0 saturated carbocycles. The summed E-state index contributed by atoms with van der Waals surface area (Å²) >= 11 is 0. The van der Waals surface area contributed by atoms with Gasteiger partial charge >= 0.3 is 6.03 Å². The van der Waals surface area contributed by atoms with Crippen molar-refractivity contribution in [2.45, 2.75) is 32.4 Å². The van der Waals surface area contributed by atoms with Crippen LogP contribution in [0.1, 0.15) is 20.3 Å². The Bertz CT molecular complexity index is 1400. The number of carbonyl (C=O) groups excluding carboxylic acids is 1. The number of rotatable bonds is 5. The van der Waals surface area contributed by atoms with Gasteiger partial charge in [0.15, 0.2) is 0 Å². The van der Waals surface area contributed by atoms with Crippen LogP contribution < -0.4 is 10.2 Å². The van der Waals surface area contributed by atoms with Crippen molar-refractivity contribution in [2.24, 2.45) is 13.0 Å². The van der Waals surface area contributed by atoms with Gasteiger partial charge < -0.3 is 15.1 Å². The Morgan fingerprint density at radius 2 is 1.89 bits per heavy atom. The lowest BCUT2D eigenvalue weighted by Gasteiger charge is -2.56. The first-order valence-electron chi connectivity index (χ1n) is 12.5. The fourth-order valence-electron chi connectivity index (χ4n) is 5.30. The van der Waals surface area contributed by atoms with Gasteiger partial charge in [-0.2, -0.15) is 5.10 Å². The molecular formula is C27H30N8O. The Labute approximate surface area is 210 Å². The summed E-state index contributed by atoms with van der Waals surface area (Å²) in [6.45, 7) is 6.55. The van der Waals surface area contributed by atoms with Gasteiger partial charge in [-0.15, -0.1) is 0 Å². The highest BCUT2D eigenvalue weighted by molar-refractivity contribution is 5.97. The maximum atomic E-state index is 12.6. The largest absolute Gasteiger partial charge is 0.352 e. The van der Waals surface area contributed by atoms with Gasteiger partial charge in [0.1, 0.15) is 12.1 Å². The summed E-state index contributed by atoms with van der Waals surface area (Å²) in [6, 6.07) is 8.98. The van der Waals surface area contributed by atoms with Crippen LogP contribution in [0.25, 0.3) is 33.2 Å². The molecule has 7 rings (SSSR count). The number of amides is 2. The lowest BCUT2D eigenvalue weighted by atomic mass is 9.88. The molecule has 2 unspecified atom stereocenters. The number of piperazine rings is 1. The molecule has 3 aliphatic heterocycles. The number of hydrogen-bond donors (Lipinski definition) is 1. The predicted molar refractivity (Wildman–Crippen MR) is 139 cm³/mol. The fourth-order valence-corrected chi connectivity index (χ4v) is 5.30. The van der Waals surface area contributed by atoms with Gasteiger partial charge in [0.2, 0.25) is 0 Å². The van der Waals surface area contributed by atoms with Crippen molar-refractivity contribution in [1.82, 2.24) is 34.9 Å². The normalized spacial score (nSPS) is 19.0. The van der Waals surface area contributed by atoms with E-state index in [1.807, 2.05) is 36.7 Å². The third-order valence-corrected chi connectivity index (χ3v) is 7.14. The highest BCUT2D eigenvalue weighted by atomic mass is 16.2. The van der Waals surface area contributed by atoms with Crippen LogP contribution in [0.15, 0.2) is 55.4 Å². The van der Waals surface area contributed by atoms with Gasteiger partial charge in [-0.05, 0) is 47.7 Å². The molecule has 2 bridgehead atoms. The first-order valence-corrected chi connectivity index (χ1v) is 12.5. The second-order valence-corrected chi connectivity index (χ2v) is 10.2. The first-order chi connectivity index (χ1) is 17.5. The Kier molecular flexibility index (Phi) is 5.55. The molecule has 2 atom stereocenters. The minimum atomic E-state index is 0.0653. The summed E-state index contributed by atoms with van der Waals surface area (Å²) in [4.78, 5) is 30.5. The lowest BCUT2D eigenvalue weighted by Crippen LogP contribution is -2.71. The molecule has 4 aromatic rings. The van der Waals surface area contributed by atoms with Crippen LogP contribution in [0.4, 0.5) is 10.6 Å². The maximum Gasteiger partial charge on any atom is 0.318 e. The van der Waals surface area contributed by atoms with E-state index in [1.54, 1.807) is 11.0 Å².